The van der Waals surface area contributed by atoms with Crippen molar-refractivity contribution in [2.24, 2.45) is 22.7 Å². The Morgan fingerprint density at radius 1 is 1.35 bits per heavy atom. The second-order valence-electron chi connectivity index (χ2n) is 7.64. The first-order valence-corrected chi connectivity index (χ1v) is 7.47. The molecule has 0 aromatic carbocycles. The molecule has 7 atom stereocenters. The van der Waals surface area contributed by atoms with Gasteiger partial charge in [-0.15, -0.1) is 0 Å². The predicted molar refractivity (Wildman–Crippen MR) is 68.5 cm³/mol. The number of fused-ring (bicyclic) bond motifs is 2. The molecular weight excluding hydrogens is 260 g/mol. The predicted octanol–water partition coefficient (Wildman–Crippen LogP) is 0.824. The van der Waals surface area contributed by atoms with Gasteiger partial charge in [0.2, 0.25) is 0 Å². The molecule has 2 aliphatic carbocycles. The minimum absolute atomic E-state index is 0.0750. The van der Waals surface area contributed by atoms with Gasteiger partial charge in [-0.1, -0.05) is 20.8 Å². The van der Waals surface area contributed by atoms with Crippen LogP contribution < -0.4 is 0 Å². The first kappa shape index (κ1) is 13.0. The normalized spacial score (nSPS) is 64.0. The van der Waals surface area contributed by atoms with Gasteiger partial charge >= 0.3 is 5.97 Å². The molecule has 0 amide bonds. The van der Waals surface area contributed by atoms with E-state index in [-0.39, 0.29) is 24.2 Å². The number of carbonyl (C=O) groups excluding carboxylic acids is 1. The molecule has 2 aliphatic heterocycles. The van der Waals surface area contributed by atoms with Crippen LogP contribution >= 0.6 is 0 Å². The smallest absolute Gasteiger partial charge is 0.307 e. The van der Waals surface area contributed by atoms with Gasteiger partial charge in [-0.25, -0.2) is 0 Å². The van der Waals surface area contributed by atoms with Crippen LogP contribution in [-0.4, -0.2) is 40.3 Å². The fourth-order valence-electron chi connectivity index (χ4n) is 5.78. The summed E-state index contributed by atoms with van der Waals surface area (Å²) in [5.41, 5.74) is -1.65. The first-order valence-electron chi connectivity index (χ1n) is 7.47. The summed E-state index contributed by atoms with van der Waals surface area (Å²) < 4.78 is 11.6. The van der Waals surface area contributed by atoms with Crippen LogP contribution in [0.15, 0.2) is 0 Å². The lowest BCUT2D eigenvalue weighted by atomic mass is 9.48. The summed E-state index contributed by atoms with van der Waals surface area (Å²) in [6, 6.07) is 0. The molecule has 0 radical (unpaired) electrons. The standard InChI is InChI=1S/C15H22O5/c1-8-10(16)4-15-12(3)7-19-14(18,9(12)2)6-13(8,15)5-11(17)20-15/h8-10,16,18H,4-7H2,1-3H3/t8-,9+,10-,12-,13+,14-,15-/m1/s1. The van der Waals surface area contributed by atoms with Crippen molar-refractivity contribution >= 4 is 5.97 Å². The average Bonchev–Trinajstić information content (AvgIpc) is 2.83. The topological polar surface area (TPSA) is 76.0 Å². The van der Waals surface area contributed by atoms with Crippen molar-refractivity contribution in [3.8, 4) is 0 Å². The average molecular weight is 282 g/mol. The maximum absolute atomic E-state index is 12.1. The minimum atomic E-state index is -1.20. The van der Waals surface area contributed by atoms with Crippen LogP contribution in [0.25, 0.3) is 0 Å². The van der Waals surface area contributed by atoms with Gasteiger partial charge in [-0.2, -0.15) is 0 Å². The highest BCUT2D eigenvalue weighted by molar-refractivity contribution is 5.75. The highest BCUT2D eigenvalue weighted by Gasteiger charge is 2.83. The Kier molecular flexibility index (Phi) is 2.11. The molecule has 2 heterocycles. The van der Waals surface area contributed by atoms with Gasteiger partial charge in [0, 0.05) is 29.6 Å². The molecule has 20 heavy (non-hydrogen) atoms. The molecule has 4 aliphatic rings. The van der Waals surface area contributed by atoms with Gasteiger partial charge in [-0.3, -0.25) is 4.79 Å². The van der Waals surface area contributed by atoms with Crippen LogP contribution in [-0.2, 0) is 14.3 Å². The molecule has 2 bridgehead atoms. The number of hydrogen-bond donors (Lipinski definition) is 2. The Balaban J connectivity index is 1.97. The van der Waals surface area contributed by atoms with Crippen molar-refractivity contribution < 1.29 is 24.5 Å². The van der Waals surface area contributed by atoms with Crippen molar-refractivity contribution in [3.63, 3.8) is 0 Å². The van der Waals surface area contributed by atoms with Gasteiger partial charge in [0.05, 0.1) is 19.1 Å². The molecule has 0 aromatic heterocycles. The monoisotopic (exact) mass is 282 g/mol. The van der Waals surface area contributed by atoms with Crippen molar-refractivity contribution in [2.75, 3.05) is 6.61 Å². The van der Waals surface area contributed by atoms with E-state index in [2.05, 4.69) is 0 Å². The second kappa shape index (κ2) is 3.23. The number of esters is 1. The van der Waals surface area contributed by atoms with E-state index < -0.39 is 28.3 Å². The van der Waals surface area contributed by atoms with E-state index in [4.69, 9.17) is 9.47 Å². The van der Waals surface area contributed by atoms with E-state index >= 15 is 0 Å². The SMILES string of the molecule is C[C@@H]1[C@H](O)C[C@]23OC(=O)C[C@]12C[C@@]1(O)OC[C@]3(C)[C@@H]1C. The number of rotatable bonds is 0. The van der Waals surface area contributed by atoms with Gasteiger partial charge in [0.25, 0.3) is 0 Å². The highest BCUT2D eigenvalue weighted by Crippen LogP contribution is 2.75. The Labute approximate surface area is 118 Å². The molecule has 0 spiro atoms. The van der Waals surface area contributed by atoms with Gasteiger partial charge in [0.15, 0.2) is 5.79 Å². The first-order chi connectivity index (χ1) is 9.21. The number of aliphatic hydroxyl groups excluding tert-OH is 1. The van der Waals surface area contributed by atoms with Crippen LogP contribution in [0, 0.1) is 22.7 Å². The number of carbonyl (C=O) groups is 1. The summed E-state index contributed by atoms with van der Waals surface area (Å²) in [7, 11) is 0. The Hall–Kier alpha value is -0.650. The van der Waals surface area contributed by atoms with Crippen LogP contribution in [0.5, 0.6) is 0 Å². The summed E-state index contributed by atoms with van der Waals surface area (Å²) in [6.07, 6.45) is 0.621. The largest absolute Gasteiger partial charge is 0.458 e. The molecule has 2 N–H and O–H groups in total. The summed E-state index contributed by atoms with van der Waals surface area (Å²) in [5.74, 6) is -1.60. The molecule has 4 fully saturated rings. The van der Waals surface area contributed by atoms with Crippen LogP contribution in [0.2, 0.25) is 0 Å². The summed E-state index contributed by atoms with van der Waals surface area (Å²) in [5, 5.41) is 21.3. The van der Waals surface area contributed by atoms with Crippen LogP contribution in [0.3, 0.4) is 0 Å². The molecular formula is C15H22O5. The lowest BCUT2D eigenvalue weighted by Gasteiger charge is -2.56. The van der Waals surface area contributed by atoms with Crippen LogP contribution in [0.1, 0.15) is 40.0 Å². The Morgan fingerprint density at radius 2 is 2.05 bits per heavy atom. The number of ether oxygens (including phenoxy) is 2. The fraction of sp³-hybridized carbons (Fsp3) is 0.933. The molecule has 4 rings (SSSR count). The Morgan fingerprint density at radius 3 is 2.75 bits per heavy atom. The summed E-state index contributed by atoms with van der Waals surface area (Å²) >= 11 is 0. The third-order valence-corrected chi connectivity index (χ3v) is 7.24. The van der Waals surface area contributed by atoms with Gasteiger partial charge in [0.1, 0.15) is 5.60 Å². The van der Waals surface area contributed by atoms with E-state index in [1.807, 2.05) is 20.8 Å². The number of aliphatic hydroxyl groups is 2. The summed E-state index contributed by atoms with van der Waals surface area (Å²) in [6.45, 7) is 6.34. The zero-order valence-electron chi connectivity index (χ0n) is 12.2. The zero-order chi connectivity index (χ0) is 14.6. The van der Waals surface area contributed by atoms with Crippen molar-refractivity contribution in [2.45, 2.75) is 57.5 Å². The van der Waals surface area contributed by atoms with E-state index in [0.29, 0.717) is 19.4 Å². The molecule has 112 valence electrons. The maximum Gasteiger partial charge on any atom is 0.307 e. The lowest BCUT2D eigenvalue weighted by Crippen LogP contribution is -2.64. The molecule has 0 unspecified atom stereocenters. The van der Waals surface area contributed by atoms with Crippen molar-refractivity contribution in [3.05, 3.63) is 0 Å². The van der Waals surface area contributed by atoms with Gasteiger partial charge in [-0.05, 0) is 5.92 Å². The zero-order valence-corrected chi connectivity index (χ0v) is 12.2. The van der Waals surface area contributed by atoms with E-state index in [9.17, 15) is 15.0 Å². The highest BCUT2D eigenvalue weighted by atomic mass is 16.6. The minimum Gasteiger partial charge on any atom is -0.458 e. The fourth-order valence-corrected chi connectivity index (χ4v) is 5.78. The third-order valence-electron chi connectivity index (χ3n) is 7.24. The number of hydrogen-bond acceptors (Lipinski definition) is 5. The van der Waals surface area contributed by atoms with E-state index in [1.54, 1.807) is 0 Å². The molecule has 2 saturated carbocycles. The molecule has 0 aromatic rings. The van der Waals surface area contributed by atoms with Crippen molar-refractivity contribution in [1.82, 2.24) is 0 Å². The van der Waals surface area contributed by atoms with Crippen molar-refractivity contribution in [1.29, 1.82) is 0 Å². The summed E-state index contributed by atoms with van der Waals surface area (Å²) in [4.78, 5) is 12.1. The molecule has 2 saturated heterocycles. The van der Waals surface area contributed by atoms with Crippen LogP contribution in [0.4, 0.5) is 0 Å². The quantitative estimate of drug-likeness (QED) is 0.643. The van der Waals surface area contributed by atoms with E-state index in [0.717, 1.165) is 0 Å². The lowest BCUT2D eigenvalue weighted by molar-refractivity contribution is -0.257. The molecule has 5 nitrogen and oxygen atoms in total. The molecule has 5 heteroatoms. The Bertz CT molecular complexity index is 506. The van der Waals surface area contributed by atoms with Gasteiger partial charge < -0.3 is 19.7 Å². The van der Waals surface area contributed by atoms with E-state index in [1.165, 1.54) is 0 Å². The second-order valence-corrected chi connectivity index (χ2v) is 7.64. The maximum atomic E-state index is 12.1. The third kappa shape index (κ3) is 1.02.